The number of hydrogen-bond acceptors (Lipinski definition) is 3. The minimum absolute atomic E-state index is 0.144. The first-order valence-corrected chi connectivity index (χ1v) is 8.13. The average molecular weight is 346 g/mol. The van der Waals surface area contributed by atoms with E-state index in [9.17, 15) is 13.6 Å². The van der Waals surface area contributed by atoms with Crippen molar-refractivity contribution in [1.29, 1.82) is 0 Å². The molecule has 4 nitrogen and oxygen atoms in total. The Morgan fingerprint density at radius 2 is 1.96 bits per heavy atom. The number of benzene rings is 2. The van der Waals surface area contributed by atoms with E-state index in [4.69, 9.17) is 4.74 Å². The molecule has 2 aromatic rings. The summed E-state index contributed by atoms with van der Waals surface area (Å²) in [4.78, 5) is 15.9. The number of likely N-dealkylation sites (N-methyl/N-ethyl adjacent to an activating group) is 1. The average Bonchev–Trinajstić information content (AvgIpc) is 2.99. The topological polar surface area (TPSA) is 32.8 Å². The highest BCUT2D eigenvalue weighted by molar-refractivity contribution is 5.93. The maximum absolute atomic E-state index is 14.2. The van der Waals surface area contributed by atoms with Crippen molar-refractivity contribution in [2.45, 2.75) is 12.5 Å². The predicted molar refractivity (Wildman–Crippen MR) is 92.6 cm³/mol. The van der Waals surface area contributed by atoms with Crippen LogP contribution >= 0.6 is 0 Å². The lowest BCUT2D eigenvalue weighted by molar-refractivity contribution is 0.110. The van der Waals surface area contributed by atoms with E-state index >= 15 is 0 Å². The van der Waals surface area contributed by atoms with Gasteiger partial charge in [0.15, 0.2) is 0 Å². The van der Waals surface area contributed by atoms with Crippen LogP contribution in [0.25, 0.3) is 11.1 Å². The molecular formula is C19H20F2N2O2. The molecule has 1 heterocycles. The lowest BCUT2D eigenvalue weighted by atomic mass is 10.0. The van der Waals surface area contributed by atoms with Gasteiger partial charge in [-0.25, -0.2) is 13.6 Å². The third kappa shape index (κ3) is 3.79. The number of carbonyl (C=O) groups is 1. The van der Waals surface area contributed by atoms with Gasteiger partial charge < -0.3 is 9.64 Å². The summed E-state index contributed by atoms with van der Waals surface area (Å²) in [5, 5.41) is 0. The monoisotopic (exact) mass is 346 g/mol. The van der Waals surface area contributed by atoms with E-state index in [1.165, 1.54) is 17.0 Å². The third-order valence-corrected chi connectivity index (χ3v) is 4.38. The van der Waals surface area contributed by atoms with Crippen LogP contribution in [0.1, 0.15) is 6.42 Å². The number of ether oxygens (including phenoxy) is 1. The predicted octanol–water partition coefficient (Wildman–Crippen LogP) is 3.91. The van der Waals surface area contributed by atoms with Crippen LogP contribution in [-0.2, 0) is 4.74 Å². The molecule has 1 aliphatic heterocycles. The van der Waals surface area contributed by atoms with Gasteiger partial charge in [-0.3, -0.25) is 4.90 Å². The minimum atomic E-state index is -0.674. The molecule has 1 fully saturated rings. The Bertz CT molecular complexity index is 782. The van der Waals surface area contributed by atoms with Crippen LogP contribution in [0.4, 0.5) is 19.3 Å². The van der Waals surface area contributed by atoms with Gasteiger partial charge in [0.2, 0.25) is 0 Å². The normalized spacial score (nSPS) is 17.5. The van der Waals surface area contributed by atoms with Gasteiger partial charge in [-0.1, -0.05) is 18.2 Å². The SMILES string of the molecule is CN1CC[C@@H](OC(=O)N(C)c2ccccc2-c2ccc(F)cc2F)C1. The van der Waals surface area contributed by atoms with Crippen LogP contribution in [0.2, 0.25) is 0 Å². The number of hydrogen-bond donors (Lipinski definition) is 0. The van der Waals surface area contributed by atoms with Crippen molar-refractivity contribution < 1.29 is 18.3 Å². The number of nitrogens with zero attached hydrogens (tertiary/aromatic N) is 2. The fraction of sp³-hybridized carbons (Fsp3) is 0.316. The summed E-state index contributed by atoms with van der Waals surface area (Å²) in [6.45, 7) is 1.59. The van der Waals surface area contributed by atoms with Gasteiger partial charge in [0.05, 0.1) is 5.69 Å². The van der Waals surface area contributed by atoms with E-state index in [1.807, 2.05) is 7.05 Å². The quantitative estimate of drug-likeness (QED) is 0.845. The summed E-state index contributed by atoms with van der Waals surface area (Å²) in [7, 11) is 3.56. The molecule has 6 heteroatoms. The molecule has 0 unspecified atom stereocenters. The summed E-state index contributed by atoms with van der Waals surface area (Å²) in [6, 6.07) is 10.3. The van der Waals surface area contributed by atoms with Crippen LogP contribution in [0.3, 0.4) is 0 Å². The minimum Gasteiger partial charge on any atom is -0.444 e. The lowest BCUT2D eigenvalue weighted by Gasteiger charge is -2.22. The Kier molecular flexibility index (Phi) is 4.99. The van der Waals surface area contributed by atoms with Gasteiger partial charge in [0, 0.05) is 37.3 Å². The molecule has 0 spiro atoms. The Morgan fingerprint density at radius 1 is 1.20 bits per heavy atom. The molecule has 132 valence electrons. The Labute approximate surface area is 145 Å². The molecule has 0 bridgehead atoms. The standard InChI is InChI=1S/C19H20F2N2O2/c1-22-10-9-14(12-22)25-19(24)23(2)18-6-4-3-5-16(18)15-8-7-13(20)11-17(15)21/h3-8,11,14H,9-10,12H2,1-2H3/t14-/m1/s1. The molecule has 0 radical (unpaired) electrons. The van der Waals surface area contributed by atoms with Gasteiger partial charge in [0.1, 0.15) is 17.7 Å². The lowest BCUT2D eigenvalue weighted by Crippen LogP contribution is -2.32. The molecule has 2 aromatic carbocycles. The summed E-state index contributed by atoms with van der Waals surface area (Å²) in [5.74, 6) is -1.32. The summed E-state index contributed by atoms with van der Waals surface area (Å²) in [6.07, 6.45) is 0.162. The molecule has 3 rings (SSSR count). The van der Waals surface area contributed by atoms with Crippen LogP contribution < -0.4 is 4.90 Å². The van der Waals surface area contributed by atoms with Gasteiger partial charge in [-0.15, -0.1) is 0 Å². The van der Waals surface area contributed by atoms with Crippen molar-refractivity contribution in [1.82, 2.24) is 4.90 Å². The zero-order valence-electron chi connectivity index (χ0n) is 14.2. The van der Waals surface area contributed by atoms with E-state index in [-0.39, 0.29) is 11.7 Å². The van der Waals surface area contributed by atoms with Crippen LogP contribution in [-0.4, -0.2) is 44.3 Å². The second-order valence-electron chi connectivity index (χ2n) is 6.26. The zero-order valence-corrected chi connectivity index (χ0v) is 14.2. The fourth-order valence-corrected chi connectivity index (χ4v) is 3.01. The van der Waals surface area contributed by atoms with Crippen LogP contribution in [0, 0.1) is 11.6 Å². The van der Waals surface area contributed by atoms with E-state index in [0.29, 0.717) is 17.8 Å². The molecular weight excluding hydrogens is 326 g/mol. The summed E-state index contributed by atoms with van der Waals surface area (Å²) >= 11 is 0. The van der Waals surface area contributed by atoms with E-state index in [2.05, 4.69) is 4.90 Å². The molecule has 1 atom stereocenters. The van der Waals surface area contributed by atoms with Gasteiger partial charge in [0.25, 0.3) is 0 Å². The Morgan fingerprint density at radius 3 is 2.64 bits per heavy atom. The van der Waals surface area contributed by atoms with E-state index < -0.39 is 17.7 Å². The summed E-state index contributed by atoms with van der Waals surface area (Å²) < 4.78 is 32.9. The zero-order chi connectivity index (χ0) is 18.0. The van der Waals surface area contributed by atoms with Crippen molar-refractivity contribution in [3.63, 3.8) is 0 Å². The number of para-hydroxylation sites is 1. The van der Waals surface area contributed by atoms with Gasteiger partial charge >= 0.3 is 6.09 Å². The van der Waals surface area contributed by atoms with Crippen LogP contribution in [0.5, 0.6) is 0 Å². The number of carbonyl (C=O) groups excluding carboxylic acids is 1. The fourth-order valence-electron chi connectivity index (χ4n) is 3.01. The van der Waals surface area contributed by atoms with E-state index in [1.54, 1.807) is 31.3 Å². The van der Waals surface area contributed by atoms with Crippen molar-refractivity contribution in [3.8, 4) is 11.1 Å². The maximum atomic E-state index is 14.2. The van der Waals surface area contributed by atoms with Gasteiger partial charge in [-0.05, 0) is 31.7 Å². The smallest absolute Gasteiger partial charge is 0.414 e. The highest BCUT2D eigenvalue weighted by atomic mass is 19.1. The largest absolute Gasteiger partial charge is 0.444 e. The second-order valence-corrected chi connectivity index (χ2v) is 6.26. The molecule has 1 aliphatic rings. The number of anilines is 1. The Hall–Kier alpha value is -2.47. The van der Waals surface area contributed by atoms with Crippen molar-refractivity contribution >= 4 is 11.8 Å². The number of amides is 1. The number of halogens is 2. The molecule has 1 saturated heterocycles. The second kappa shape index (κ2) is 7.19. The van der Waals surface area contributed by atoms with E-state index in [0.717, 1.165) is 19.0 Å². The first kappa shape index (κ1) is 17.4. The molecule has 0 saturated carbocycles. The molecule has 0 aliphatic carbocycles. The first-order valence-electron chi connectivity index (χ1n) is 8.13. The van der Waals surface area contributed by atoms with Crippen molar-refractivity contribution in [3.05, 3.63) is 54.1 Å². The Balaban J connectivity index is 1.85. The number of rotatable bonds is 3. The first-order chi connectivity index (χ1) is 12.0. The van der Waals surface area contributed by atoms with Crippen molar-refractivity contribution in [2.24, 2.45) is 0 Å². The maximum Gasteiger partial charge on any atom is 0.414 e. The van der Waals surface area contributed by atoms with Gasteiger partial charge in [-0.2, -0.15) is 0 Å². The van der Waals surface area contributed by atoms with Crippen molar-refractivity contribution in [2.75, 3.05) is 32.1 Å². The highest BCUT2D eigenvalue weighted by Gasteiger charge is 2.26. The summed E-state index contributed by atoms with van der Waals surface area (Å²) in [5.41, 5.74) is 1.24. The van der Waals surface area contributed by atoms with Crippen LogP contribution in [0.15, 0.2) is 42.5 Å². The molecule has 25 heavy (non-hydrogen) atoms. The molecule has 0 aromatic heterocycles. The molecule has 1 amide bonds. The highest BCUT2D eigenvalue weighted by Crippen LogP contribution is 2.32. The number of likely N-dealkylation sites (tertiary alicyclic amines) is 1. The third-order valence-electron chi connectivity index (χ3n) is 4.38. The molecule has 0 N–H and O–H groups in total.